The van der Waals surface area contributed by atoms with Crippen molar-refractivity contribution in [1.29, 1.82) is 0 Å². The van der Waals surface area contributed by atoms with Crippen LogP contribution in [-0.2, 0) is 14.8 Å². The van der Waals surface area contributed by atoms with Gasteiger partial charge in [0.2, 0.25) is 15.9 Å². The Morgan fingerprint density at radius 3 is 2.47 bits per heavy atom. The third kappa shape index (κ3) is 4.95. The van der Waals surface area contributed by atoms with Crippen LogP contribution in [0.3, 0.4) is 0 Å². The zero-order chi connectivity index (χ0) is 21.9. The number of amides is 1. The van der Waals surface area contributed by atoms with Crippen molar-refractivity contribution in [2.24, 2.45) is 0 Å². The number of carbonyl (C=O) groups is 1. The Labute approximate surface area is 182 Å². The maximum Gasteiger partial charge on any atom is 0.243 e. The van der Waals surface area contributed by atoms with Gasteiger partial charge in [-0.1, -0.05) is 23.7 Å². The first kappa shape index (κ1) is 22.6. The molecular formula is C21H26ClN3O4S. The molecule has 2 aromatic rings. The standard InChI is InChI=1S/C21H26ClN3O4S/c1-15-7-8-20(29-3)19(13-15)23-21(26)16(2)24-9-11-25(12-10-24)30(27,28)18-6-4-5-17(22)14-18/h4-8,13-14,16H,9-12H2,1-3H3,(H,23,26). The minimum Gasteiger partial charge on any atom is -0.495 e. The second kappa shape index (κ2) is 9.34. The lowest BCUT2D eigenvalue weighted by molar-refractivity contribution is -0.121. The molecule has 1 heterocycles. The first-order chi connectivity index (χ1) is 14.2. The summed E-state index contributed by atoms with van der Waals surface area (Å²) in [6, 6.07) is 11.4. The van der Waals surface area contributed by atoms with Crippen LogP contribution in [0, 0.1) is 6.92 Å². The Morgan fingerprint density at radius 2 is 1.83 bits per heavy atom. The van der Waals surface area contributed by atoms with Crippen LogP contribution in [0.25, 0.3) is 0 Å². The maximum atomic E-state index is 12.8. The normalized spacial score (nSPS) is 16.8. The molecule has 0 spiro atoms. The number of carbonyl (C=O) groups excluding carboxylic acids is 1. The lowest BCUT2D eigenvalue weighted by atomic mass is 10.2. The number of aryl methyl sites for hydroxylation is 1. The Hall–Kier alpha value is -2.13. The number of benzene rings is 2. The number of anilines is 1. The average molecular weight is 452 g/mol. The van der Waals surface area contributed by atoms with Crippen molar-refractivity contribution < 1.29 is 17.9 Å². The summed E-state index contributed by atoms with van der Waals surface area (Å²) < 4.78 is 32.4. The average Bonchev–Trinajstić information content (AvgIpc) is 2.73. The largest absolute Gasteiger partial charge is 0.495 e. The number of halogens is 1. The second-order valence-electron chi connectivity index (χ2n) is 7.27. The van der Waals surface area contributed by atoms with Gasteiger partial charge in [-0.2, -0.15) is 4.31 Å². The van der Waals surface area contributed by atoms with Gasteiger partial charge in [-0.15, -0.1) is 0 Å². The zero-order valence-corrected chi connectivity index (χ0v) is 18.8. The molecule has 1 aliphatic heterocycles. The van der Waals surface area contributed by atoms with Gasteiger partial charge in [-0.3, -0.25) is 9.69 Å². The van der Waals surface area contributed by atoms with Crippen molar-refractivity contribution in [3.05, 3.63) is 53.1 Å². The van der Waals surface area contributed by atoms with Crippen molar-refractivity contribution in [2.75, 3.05) is 38.6 Å². The van der Waals surface area contributed by atoms with Crippen LogP contribution in [0.4, 0.5) is 5.69 Å². The molecule has 1 unspecified atom stereocenters. The van der Waals surface area contributed by atoms with E-state index in [0.29, 0.717) is 42.6 Å². The summed E-state index contributed by atoms with van der Waals surface area (Å²) in [7, 11) is -2.05. The molecule has 0 bridgehead atoms. The number of piperazine rings is 1. The monoisotopic (exact) mass is 451 g/mol. The fourth-order valence-electron chi connectivity index (χ4n) is 3.43. The molecule has 1 amide bonds. The van der Waals surface area contributed by atoms with Crippen LogP contribution >= 0.6 is 11.6 Å². The number of ether oxygens (including phenoxy) is 1. The molecular weight excluding hydrogens is 426 g/mol. The van der Waals surface area contributed by atoms with Crippen molar-refractivity contribution in [3.8, 4) is 5.75 Å². The van der Waals surface area contributed by atoms with Crippen LogP contribution in [0.15, 0.2) is 47.4 Å². The smallest absolute Gasteiger partial charge is 0.243 e. The lowest BCUT2D eigenvalue weighted by Gasteiger charge is -2.36. The number of methoxy groups -OCH3 is 1. The third-order valence-corrected chi connectivity index (χ3v) is 7.38. The highest BCUT2D eigenvalue weighted by molar-refractivity contribution is 7.89. The zero-order valence-electron chi connectivity index (χ0n) is 17.3. The van der Waals surface area contributed by atoms with E-state index in [4.69, 9.17) is 16.3 Å². The summed E-state index contributed by atoms with van der Waals surface area (Å²) >= 11 is 5.94. The fraction of sp³-hybridized carbons (Fsp3) is 0.381. The molecule has 1 saturated heterocycles. The van der Waals surface area contributed by atoms with E-state index in [1.54, 1.807) is 25.3 Å². The van der Waals surface area contributed by atoms with E-state index in [0.717, 1.165) is 5.56 Å². The number of hydrogen-bond donors (Lipinski definition) is 1. The van der Waals surface area contributed by atoms with Crippen LogP contribution in [0.5, 0.6) is 5.75 Å². The van der Waals surface area contributed by atoms with Gasteiger partial charge in [-0.25, -0.2) is 8.42 Å². The molecule has 0 aromatic heterocycles. The number of rotatable bonds is 6. The SMILES string of the molecule is COc1ccc(C)cc1NC(=O)C(C)N1CCN(S(=O)(=O)c2cccc(Cl)c2)CC1. The number of nitrogens with zero attached hydrogens (tertiary/aromatic N) is 2. The third-order valence-electron chi connectivity index (χ3n) is 5.25. The van der Waals surface area contributed by atoms with Crippen LogP contribution in [0.2, 0.25) is 5.02 Å². The second-order valence-corrected chi connectivity index (χ2v) is 9.64. The summed E-state index contributed by atoms with van der Waals surface area (Å²) in [4.78, 5) is 14.9. The van der Waals surface area contributed by atoms with Crippen LogP contribution in [-0.4, -0.2) is 62.9 Å². The van der Waals surface area contributed by atoms with Crippen molar-refractivity contribution in [1.82, 2.24) is 9.21 Å². The van der Waals surface area contributed by atoms with E-state index >= 15 is 0 Å². The molecule has 1 fully saturated rings. The molecule has 0 radical (unpaired) electrons. The number of sulfonamides is 1. The van der Waals surface area contributed by atoms with E-state index in [1.807, 2.05) is 36.9 Å². The number of hydrogen-bond acceptors (Lipinski definition) is 5. The summed E-state index contributed by atoms with van der Waals surface area (Å²) in [5, 5.41) is 3.30. The van der Waals surface area contributed by atoms with Gasteiger partial charge in [0.1, 0.15) is 5.75 Å². The molecule has 0 aliphatic carbocycles. The first-order valence-corrected chi connectivity index (χ1v) is 11.5. The van der Waals surface area contributed by atoms with Gasteiger partial charge in [0.25, 0.3) is 0 Å². The molecule has 1 aliphatic rings. The van der Waals surface area contributed by atoms with Crippen LogP contribution < -0.4 is 10.1 Å². The van der Waals surface area contributed by atoms with E-state index in [2.05, 4.69) is 5.32 Å². The van der Waals surface area contributed by atoms with Gasteiger partial charge >= 0.3 is 0 Å². The van der Waals surface area contributed by atoms with Gasteiger partial charge < -0.3 is 10.1 Å². The minimum absolute atomic E-state index is 0.162. The van der Waals surface area contributed by atoms with Crippen molar-refractivity contribution in [3.63, 3.8) is 0 Å². The van der Waals surface area contributed by atoms with Gasteiger partial charge in [0.15, 0.2) is 0 Å². The molecule has 1 N–H and O–H groups in total. The minimum atomic E-state index is -3.61. The topological polar surface area (TPSA) is 79.0 Å². The molecule has 3 rings (SSSR count). The molecule has 30 heavy (non-hydrogen) atoms. The molecule has 2 aromatic carbocycles. The van der Waals surface area contributed by atoms with E-state index < -0.39 is 16.1 Å². The highest BCUT2D eigenvalue weighted by atomic mass is 35.5. The molecule has 0 saturated carbocycles. The predicted octanol–water partition coefficient (Wildman–Crippen LogP) is 2.99. The van der Waals surface area contributed by atoms with Crippen molar-refractivity contribution >= 4 is 33.2 Å². The van der Waals surface area contributed by atoms with Crippen LogP contribution in [0.1, 0.15) is 12.5 Å². The van der Waals surface area contributed by atoms with Gasteiger partial charge in [0, 0.05) is 31.2 Å². The quantitative estimate of drug-likeness (QED) is 0.730. The van der Waals surface area contributed by atoms with Gasteiger partial charge in [0.05, 0.1) is 23.7 Å². The molecule has 9 heteroatoms. The maximum absolute atomic E-state index is 12.8. The summed E-state index contributed by atoms with van der Waals surface area (Å²) in [5.41, 5.74) is 1.63. The first-order valence-electron chi connectivity index (χ1n) is 9.67. The summed E-state index contributed by atoms with van der Waals surface area (Å²) in [5.74, 6) is 0.434. The van der Waals surface area contributed by atoms with E-state index in [-0.39, 0.29) is 10.8 Å². The molecule has 162 valence electrons. The number of nitrogens with one attached hydrogen (secondary N) is 1. The highest BCUT2D eigenvalue weighted by Gasteiger charge is 2.32. The van der Waals surface area contributed by atoms with Crippen molar-refractivity contribution in [2.45, 2.75) is 24.8 Å². The molecule has 7 nitrogen and oxygen atoms in total. The van der Waals surface area contributed by atoms with E-state index in [9.17, 15) is 13.2 Å². The molecule has 1 atom stereocenters. The summed E-state index contributed by atoms with van der Waals surface area (Å²) in [6.07, 6.45) is 0. The summed E-state index contributed by atoms with van der Waals surface area (Å²) in [6.45, 7) is 5.29. The predicted molar refractivity (Wildman–Crippen MR) is 118 cm³/mol. The fourth-order valence-corrected chi connectivity index (χ4v) is 5.15. The lowest BCUT2D eigenvalue weighted by Crippen LogP contribution is -2.53. The highest BCUT2D eigenvalue weighted by Crippen LogP contribution is 2.26. The van der Waals surface area contributed by atoms with Gasteiger partial charge in [-0.05, 0) is 49.7 Å². The Morgan fingerprint density at radius 1 is 1.13 bits per heavy atom. The Kier molecular flexibility index (Phi) is 7.02. The Bertz CT molecular complexity index is 1020. The Balaban J connectivity index is 1.63. The van der Waals surface area contributed by atoms with E-state index in [1.165, 1.54) is 10.4 Å².